The van der Waals surface area contributed by atoms with E-state index in [1.165, 1.54) is 43.7 Å². The van der Waals surface area contributed by atoms with E-state index in [1.807, 2.05) is 30.3 Å². The molecule has 0 bridgehead atoms. The third-order valence-electron chi connectivity index (χ3n) is 5.96. The molecule has 0 aliphatic heterocycles. The number of aromatic nitrogens is 2. The van der Waals surface area contributed by atoms with Gasteiger partial charge in [-0.25, -0.2) is 4.68 Å². The normalized spacial score (nSPS) is 15.6. The van der Waals surface area contributed by atoms with Crippen molar-refractivity contribution in [1.29, 1.82) is 0 Å². The number of para-hydroxylation sites is 1. The molecule has 1 aromatic heterocycles. The van der Waals surface area contributed by atoms with Crippen LogP contribution >= 0.6 is 0 Å². The van der Waals surface area contributed by atoms with Crippen LogP contribution in [0.3, 0.4) is 0 Å². The third kappa shape index (κ3) is 5.01. The Bertz CT molecular complexity index is 939. The minimum absolute atomic E-state index is 0.191. The van der Waals surface area contributed by atoms with Crippen molar-refractivity contribution < 1.29 is 14.3 Å². The Morgan fingerprint density at radius 2 is 1.83 bits per heavy atom. The van der Waals surface area contributed by atoms with Gasteiger partial charge in [0.2, 0.25) is 0 Å². The van der Waals surface area contributed by atoms with Gasteiger partial charge in [-0.3, -0.25) is 19.1 Å². The third-order valence-corrected chi connectivity index (χ3v) is 5.96. The summed E-state index contributed by atoms with van der Waals surface area (Å²) >= 11 is 0. The van der Waals surface area contributed by atoms with Gasteiger partial charge in [-0.05, 0) is 38.3 Å². The molecule has 0 unspecified atom stereocenters. The standard InChI is InChI=1S/C23H31N3O4/c1-16-21(23(29)26(25(16)3)19-12-8-5-9-13-19)24-22(28)17(2)30-20(27)15-14-18-10-6-4-7-11-18/h5,8-9,12-13,17-18H,4,6-7,10-11,14-15H2,1-3H3,(H,24,28)/t17-/m0/s1. The van der Waals surface area contributed by atoms with Crippen LogP contribution in [0, 0.1) is 12.8 Å². The van der Waals surface area contributed by atoms with Crippen LogP contribution in [0.1, 0.15) is 57.6 Å². The molecule has 1 N–H and O–H groups in total. The number of hydrogen-bond donors (Lipinski definition) is 1. The number of ether oxygens (including phenoxy) is 1. The number of hydrogen-bond acceptors (Lipinski definition) is 4. The van der Waals surface area contributed by atoms with E-state index >= 15 is 0 Å². The van der Waals surface area contributed by atoms with Crippen LogP contribution in [-0.4, -0.2) is 27.3 Å². The zero-order valence-corrected chi connectivity index (χ0v) is 18.0. The number of benzene rings is 1. The lowest BCUT2D eigenvalue weighted by molar-refractivity contribution is -0.153. The molecule has 1 fully saturated rings. The number of esters is 1. The van der Waals surface area contributed by atoms with E-state index in [9.17, 15) is 14.4 Å². The van der Waals surface area contributed by atoms with E-state index < -0.39 is 12.0 Å². The fourth-order valence-electron chi connectivity index (χ4n) is 4.04. The fraction of sp³-hybridized carbons (Fsp3) is 0.522. The van der Waals surface area contributed by atoms with E-state index in [2.05, 4.69) is 5.32 Å². The quantitative estimate of drug-likeness (QED) is 0.702. The van der Waals surface area contributed by atoms with Crippen LogP contribution in [0.5, 0.6) is 0 Å². The van der Waals surface area contributed by atoms with Crippen molar-refractivity contribution >= 4 is 17.6 Å². The molecule has 3 rings (SSSR count). The summed E-state index contributed by atoms with van der Waals surface area (Å²) in [6.45, 7) is 3.29. The monoisotopic (exact) mass is 413 g/mol. The first-order valence-corrected chi connectivity index (χ1v) is 10.7. The highest BCUT2D eigenvalue weighted by atomic mass is 16.5. The Hall–Kier alpha value is -2.83. The first kappa shape index (κ1) is 21.9. The van der Waals surface area contributed by atoms with Gasteiger partial charge >= 0.3 is 5.97 Å². The average molecular weight is 414 g/mol. The molecule has 2 aromatic rings. The number of rotatable bonds is 7. The second-order valence-corrected chi connectivity index (χ2v) is 8.10. The Morgan fingerprint density at radius 1 is 1.17 bits per heavy atom. The van der Waals surface area contributed by atoms with Crippen LogP contribution < -0.4 is 10.9 Å². The van der Waals surface area contributed by atoms with Gasteiger partial charge in [-0.2, -0.15) is 0 Å². The van der Waals surface area contributed by atoms with Crippen molar-refractivity contribution in [2.75, 3.05) is 5.32 Å². The molecule has 0 spiro atoms. The van der Waals surface area contributed by atoms with Crippen LogP contribution in [0.2, 0.25) is 0 Å². The molecule has 1 heterocycles. The minimum Gasteiger partial charge on any atom is -0.453 e. The van der Waals surface area contributed by atoms with Gasteiger partial charge in [0.05, 0.1) is 11.4 Å². The Morgan fingerprint density at radius 3 is 2.50 bits per heavy atom. The second kappa shape index (κ2) is 9.78. The van der Waals surface area contributed by atoms with Gasteiger partial charge < -0.3 is 10.1 Å². The van der Waals surface area contributed by atoms with Crippen LogP contribution in [0.15, 0.2) is 35.1 Å². The van der Waals surface area contributed by atoms with Crippen molar-refractivity contribution in [2.45, 2.75) is 64.9 Å². The summed E-state index contributed by atoms with van der Waals surface area (Å²) in [5, 5.41) is 2.65. The van der Waals surface area contributed by atoms with Gasteiger partial charge in [0, 0.05) is 13.5 Å². The molecule has 30 heavy (non-hydrogen) atoms. The predicted molar refractivity (Wildman–Crippen MR) is 116 cm³/mol. The Kier molecular flexibility index (Phi) is 7.13. The maximum atomic E-state index is 12.9. The number of carbonyl (C=O) groups is 2. The number of carbonyl (C=O) groups excluding carboxylic acids is 2. The van der Waals surface area contributed by atoms with Gasteiger partial charge in [-0.1, -0.05) is 50.3 Å². The number of nitrogens with one attached hydrogen (secondary N) is 1. The molecule has 0 radical (unpaired) electrons. The number of amides is 1. The first-order chi connectivity index (χ1) is 14.4. The second-order valence-electron chi connectivity index (χ2n) is 8.10. The lowest BCUT2D eigenvalue weighted by atomic mass is 9.86. The van der Waals surface area contributed by atoms with Crippen molar-refractivity contribution in [1.82, 2.24) is 9.36 Å². The fourth-order valence-corrected chi connectivity index (χ4v) is 4.04. The lowest BCUT2D eigenvalue weighted by Crippen LogP contribution is -2.32. The van der Waals surface area contributed by atoms with Gasteiger partial charge in [0.25, 0.3) is 11.5 Å². The molecule has 1 atom stereocenters. The van der Waals surface area contributed by atoms with E-state index in [0.29, 0.717) is 23.7 Å². The molecule has 0 saturated heterocycles. The predicted octanol–water partition coefficient (Wildman–Crippen LogP) is 3.72. The topological polar surface area (TPSA) is 82.3 Å². The highest BCUT2D eigenvalue weighted by Gasteiger charge is 2.23. The minimum atomic E-state index is -0.965. The van der Waals surface area contributed by atoms with Gasteiger partial charge in [0.15, 0.2) is 6.10 Å². The summed E-state index contributed by atoms with van der Waals surface area (Å²) in [6, 6.07) is 9.21. The maximum absolute atomic E-state index is 12.9. The molecule has 7 nitrogen and oxygen atoms in total. The van der Waals surface area contributed by atoms with Gasteiger partial charge in [-0.15, -0.1) is 0 Å². The van der Waals surface area contributed by atoms with Crippen molar-refractivity contribution in [3.05, 3.63) is 46.4 Å². The van der Waals surface area contributed by atoms with E-state index in [4.69, 9.17) is 4.74 Å². The Balaban J connectivity index is 1.61. The van der Waals surface area contributed by atoms with Crippen LogP contribution in [0.25, 0.3) is 5.69 Å². The molecule has 162 valence electrons. The first-order valence-electron chi connectivity index (χ1n) is 10.7. The number of anilines is 1. The molecule has 1 aromatic carbocycles. The number of nitrogens with zero attached hydrogens (tertiary/aromatic N) is 2. The van der Waals surface area contributed by atoms with E-state index in [1.54, 1.807) is 18.7 Å². The molecule has 1 saturated carbocycles. The van der Waals surface area contributed by atoms with Crippen molar-refractivity contribution in [3.8, 4) is 5.69 Å². The molecule has 7 heteroatoms. The molecule has 1 aliphatic carbocycles. The summed E-state index contributed by atoms with van der Waals surface area (Å²) < 4.78 is 8.49. The van der Waals surface area contributed by atoms with Crippen LogP contribution in [-0.2, 0) is 21.4 Å². The van der Waals surface area contributed by atoms with Crippen molar-refractivity contribution in [3.63, 3.8) is 0 Å². The molecule has 1 amide bonds. The van der Waals surface area contributed by atoms with Crippen molar-refractivity contribution in [2.24, 2.45) is 13.0 Å². The largest absolute Gasteiger partial charge is 0.453 e. The zero-order chi connectivity index (χ0) is 21.7. The van der Waals surface area contributed by atoms with E-state index in [0.717, 1.165) is 6.42 Å². The zero-order valence-electron chi connectivity index (χ0n) is 18.0. The van der Waals surface area contributed by atoms with Crippen LogP contribution in [0.4, 0.5) is 5.69 Å². The Labute approximate surface area is 177 Å². The summed E-state index contributed by atoms with van der Waals surface area (Å²) in [7, 11) is 1.76. The smallest absolute Gasteiger partial charge is 0.306 e. The van der Waals surface area contributed by atoms with E-state index in [-0.39, 0.29) is 17.2 Å². The lowest BCUT2D eigenvalue weighted by Gasteiger charge is -2.21. The summed E-state index contributed by atoms with van der Waals surface area (Å²) in [4.78, 5) is 37.6. The molecule has 1 aliphatic rings. The summed E-state index contributed by atoms with van der Waals surface area (Å²) in [5.74, 6) is -0.291. The highest BCUT2D eigenvalue weighted by Crippen LogP contribution is 2.27. The van der Waals surface area contributed by atoms with Gasteiger partial charge in [0.1, 0.15) is 5.69 Å². The maximum Gasteiger partial charge on any atom is 0.306 e. The SMILES string of the molecule is Cc1c(NC(=O)[C@H](C)OC(=O)CCC2CCCCC2)c(=O)n(-c2ccccc2)n1C. The summed E-state index contributed by atoms with van der Waals surface area (Å²) in [6.07, 6.45) is 6.26. The summed E-state index contributed by atoms with van der Waals surface area (Å²) in [5.41, 5.74) is 1.19. The average Bonchev–Trinajstić information content (AvgIpc) is 2.96. The molecular weight excluding hydrogens is 382 g/mol. The molecular formula is C23H31N3O4. The highest BCUT2D eigenvalue weighted by molar-refractivity contribution is 5.95.